The maximum atomic E-state index is 7.21. The van der Waals surface area contributed by atoms with E-state index < -0.39 is 8.07 Å². The predicted octanol–water partition coefficient (Wildman–Crippen LogP) is 18.4. The number of rotatable bonds is 7. The van der Waals surface area contributed by atoms with Crippen molar-refractivity contribution >= 4 is 68.8 Å². The van der Waals surface area contributed by atoms with Gasteiger partial charge in [-0.15, -0.1) is 0 Å². The third-order valence-electron chi connectivity index (χ3n) is 17.9. The van der Waals surface area contributed by atoms with Crippen LogP contribution in [0.15, 0.2) is 206 Å². The molecular weight excluding hydrogens is 1040 g/mol. The third kappa shape index (κ3) is 9.25. The summed E-state index contributed by atoms with van der Waals surface area (Å²) in [5.74, 6) is 2.43. The Kier molecular flexibility index (Phi) is 12.9. The smallest absolute Gasteiger partial charge is 0.185 e. The number of aromatic nitrogens is 1. The van der Waals surface area contributed by atoms with Crippen LogP contribution in [0, 0.1) is 13.8 Å². The Morgan fingerprint density at radius 1 is 0.381 bits per heavy atom. The number of ether oxygens (including phenoxy) is 1. The van der Waals surface area contributed by atoms with E-state index in [1.165, 1.54) is 93.2 Å². The Hall–Kier alpha value is -8.45. The van der Waals surface area contributed by atoms with Crippen molar-refractivity contribution in [3.63, 3.8) is 0 Å². The van der Waals surface area contributed by atoms with Gasteiger partial charge in [0.2, 0.25) is 0 Å². The first-order valence-electron chi connectivity index (χ1n) is 30.0. The zero-order valence-electron chi connectivity index (χ0n) is 51.5. The number of nitrogens with zero attached hydrogens (tertiary/aromatic N) is 4. The molecule has 4 heterocycles. The number of para-hydroxylation sites is 4. The van der Waals surface area contributed by atoms with Gasteiger partial charge in [0.05, 0.1) is 22.7 Å². The molecule has 0 bridgehead atoms. The van der Waals surface area contributed by atoms with Crippen LogP contribution >= 0.6 is 0 Å². The largest absolute Gasteiger partial charge is 0.457 e. The van der Waals surface area contributed by atoms with Gasteiger partial charge in [0.25, 0.3) is 0 Å². The summed E-state index contributed by atoms with van der Waals surface area (Å²) >= 11 is 0. The normalized spacial score (nSPS) is 14.3. The zero-order valence-corrected chi connectivity index (χ0v) is 52.5. The number of aryl methyl sites for hydroxylation is 2. The minimum absolute atomic E-state index is 0.0173. The second-order valence-electron chi connectivity index (χ2n) is 27.9. The van der Waals surface area contributed by atoms with Gasteiger partial charge >= 0.3 is 0 Å². The summed E-state index contributed by atoms with van der Waals surface area (Å²) in [7, 11) is -2.91. The molecule has 1 spiro atoms. The summed E-state index contributed by atoms with van der Waals surface area (Å²) in [4.78, 5) is 12.6. The van der Waals surface area contributed by atoms with Gasteiger partial charge < -0.3 is 14.5 Å². The lowest BCUT2D eigenvalue weighted by molar-refractivity contribution is 0.483. The van der Waals surface area contributed by atoms with E-state index >= 15 is 0 Å². The first kappa shape index (κ1) is 54.8. The fourth-order valence-electron chi connectivity index (χ4n) is 13.3. The van der Waals surface area contributed by atoms with E-state index in [-0.39, 0.29) is 21.7 Å². The molecule has 5 nitrogen and oxygen atoms in total. The highest BCUT2D eigenvalue weighted by molar-refractivity contribution is 7.23. The Morgan fingerprint density at radius 3 is 1.55 bits per heavy atom. The molecule has 6 heteroatoms. The van der Waals surface area contributed by atoms with Gasteiger partial charge in [0, 0.05) is 40.8 Å². The molecule has 3 aliphatic heterocycles. The summed E-state index contributed by atoms with van der Waals surface area (Å²) < 4.78 is 7.21. The predicted molar refractivity (Wildman–Crippen MR) is 359 cm³/mol. The molecule has 0 atom stereocenters. The minimum atomic E-state index is -2.91. The van der Waals surface area contributed by atoms with E-state index in [0.29, 0.717) is 6.67 Å². The first-order chi connectivity index (χ1) is 40.0. The van der Waals surface area contributed by atoms with Gasteiger partial charge in [0.15, 0.2) is 8.07 Å². The van der Waals surface area contributed by atoms with Crippen molar-refractivity contribution in [2.45, 2.75) is 119 Å². The van der Waals surface area contributed by atoms with Crippen LogP contribution in [0.5, 0.6) is 11.5 Å². The van der Waals surface area contributed by atoms with Crippen LogP contribution < -0.4 is 40.2 Å². The fourth-order valence-corrected chi connectivity index (χ4v) is 18.8. The Balaban J connectivity index is 0.942. The Bertz CT molecular complexity index is 4170. The van der Waals surface area contributed by atoms with Gasteiger partial charge in [-0.1, -0.05) is 234 Å². The fraction of sp³-hybridized carbons (Fsp3) is 0.244. The molecule has 1 aromatic heterocycles. The molecule has 84 heavy (non-hydrogen) atoms. The number of anilines is 7. The average Bonchev–Trinajstić information content (AvgIpc) is 1.44. The molecular formula is C78H78N4OSi. The topological polar surface area (TPSA) is 31.8 Å². The van der Waals surface area contributed by atoms with Gasteiger partial charge in [0.1, 0.15) is 24.0 Å². The van der Waals surface area contributed by atoms with E-state index in [4.69, 9.17) is 9.72 Å². The molecule has 0 saturated heterocycles. The lowest BCUT2D eigenvalue weighted by Crippen LogP contribution is -2.75. The molecule has 0 N–H and O–H groups in total. The molecule has 0 fully saturated rings. The number of hydrogen-bond donors (Lipinski definition) is 0. The standard InChI is InChI=1S/C78H78N4OSi/c1-50-32-35-69-63(40-50)64-41-51(2)33-36-70(64)84(69)71-31-18-17-30-67(71)82(73-46-55(38-39-79-73)76(6,7)8)68-48-60(34-37-72(68)84)83-59-25-20-24-58(47-59)80-49-81(66-29-16-15-28-65(66)80)74-61(52-22-19-23-54(42-52)75(3,4)5)26-21-27-62(74)53-43-56(77(9,10)11)45-57(44-53)78(12,13)14/h15-48H,49H2,1-14H3. The molecule has 0 saturated carbocycles. The molecule has 3 aliphatic rings. The highest BCUT2D eigenvalue weighted by Crippen LogP contribution is 2.52. The van der Waals surface area contributed by atoms with E-state index in [9.17, 15) is 0 Å². The highest BCUT2D eigenvalue weighted by atomic mass is 28.3. The lowest BCUT2D eigenvalue weighted by Gasteiger charge is -2.43. The molecule has 10 aromatic rings. The number of pyridine rings is 1. The van der Waals surface area contributed by atoms with Crippen LogP contribution in [0.4, 0.5) is 39.9 Å². The second-order valence-corrected chi connectivity index (χ2v) is 31.6. The van der Waals surface area contributed by atoms with E-state index in [1.54, 1.807) is 0 Å². The zero-order chi connectivity index (χ0) is 58.8. The summed E-state index contributed by atoms with van der Waals surface area (Å²) in [6, 6.07) is 75.8. The van der Waals surface area contributed by atoms with E-state index in [1.807, 2.05) is 6.20 Å². The van der Waals surface area contributed by atoms with Crippen molar-refractivity contribution in [1.29, 1.82) is 0 Å². The van der Waals surface area contributed by atoms with Crippen LogP contribution in [0.1, 0.15) is 116 Å². The Labute approximate surface area is 500 Å². The van der Waals surface area contributed by atoms with Crippen LogP contribution in [0.25, 0.3) is 33.4 Å². The molecule has 13 rings (SSSR count). The number of hydrogen-bond acceptors (Lipinski definition) is 5. The summed E-state index contributed by atoms with van der Waals surface area (Å²) in [6.45, 7) is 32.8. The first-order valence-corrected chi connectivity index (χ1v) is 32.0. The van der Waals surface area contributed by atoms with Gasteiger partial charge in [-0.2, -0.15) is 0 Å². The van der Waals surface area contributed by atoms with E-state index in [0.717, 1.165) is 45.8 Å². The molecule has 0 aliphatic carbocycles. The molecule has 0 unspecified atom stereocenters. The van der Waals surface area contributed by atoms with Gasteiger partial charge in [-0.25, -0.2) is 4.98 Å². The van der Waals surface area contributed by atoms with Crippen LogP contribution in [0.3, 0.4) is 0 Å². The lowest BCUT2D eigenvalue weighted by atomic mass is 9.78. The SMILES string of the molecule is Cc1ccc2c(c1)-c1cc(C)ccc1[Si]21c2ccccc2N(c2cc(C(C)(C)C)ccn2)c2cc(Oc3cccc(N4CN(c5c(-c6cccc(C(C)(C)C)c6)cccc5-c5cc(C(C)(C)C)cc(C(C)(C)C)c5)c5ccccc54)c3)ccc21. The molecule has 420 valence electrons. The van der Waals surface area contributed by atoms with Crippen molar-refractivity contribution in [3.8, 4) is 44.9 Å². The maximum absolute atomic E-state index is 7.21. The molecule has 0 radical (unpaired) electrons. The van der Waals surface area contributed by atoms with Crippen molar-refractivity contribution in [3.05, 3.63) is 240 Å². The molecule has 9 aromatic carbocycles. The quantitative estimate of drug-likeness (QED) is 0.149. The maximum Gasteiger partial charge on any atom is 0.185 e. The van der Waals surface area contributed by atoms with Crippen LogP contribution in [-0.2, 0) is 21.7 Å². The highest BCUT2D eigenvalue weighted by Gasteiger charge is 2.54. The second kappa shape index (κ2) is 19.8. The number of fused-ring (bicyclic) bond motifs is 10. The van der Waals surface area contributed by atoms with Gasteiger partial charge in [-0.05, 0) is 149 Å². The monoisotopic (exact) mass is 1110 g/mol. The van der Waals surface area contributed by atoms with Crippen molar-refractivity contribution in [2.75, 3.05) is 21.4 Å². The number of benzene rings is 9. The van der Waals surface area contributed by atoms with Gasteiger partial charge in [-0.3, -0.25) is 4.90 Å². The van der Waals surface area contributed by atoms with Crippen LogP contribution in [-0.4, -0.2) is 19.7 Å². The Morgan fingerprint density at radius 2 is 0.905 bits per heavy atom. The van der Waals surface area contributed by atoms with Crippen molar-refractivity contribution < 1.29 is 4.74 Å². The van der Waals surface area contributed by atoms with Crippen LogP contribution in [0.2, 0.25) is 0 Å². The summed E-state index contributed by atoms with van der Waals surface area (Å²) in [6.07, 6.45) is 1.98. The average molecular weight is 1120 g/mol. The summed E-state index contributed by atoms with van der Waals surface area (Å²) in [5.41, 5.74) is 21.9. The minimum Gasteiger partial charge on any atom is -0.457 e. The van der Waals surface area contributed by atoms with E-state index in [2.05, 4.69) is 312 Å². The summed E-state index contributed by atoms with van der Waals surface area (Å²) in [5, 5.41) is 5.56. The third-order valence-corrected chi connectivity index (χ3v) is 22.8. The van der Waals surface area contributed by atoms with Crippen molar-refractivity contribution in [1.82, 2.24) is 4.98 Å². The molecule has 0 amide bonds. The van der Waals surface area contributed by atoms with Crippen molar-refractivity contribution in [2.24, 2.45) is 0 Å².